The van der Waals surface area contributed by atoms with Crippen molar-refractivity contribution in [1.82, 2.24) is 25.1 Å². The predicted octanol–water partition coefficient (Wildman–Crippen LogP) is 1.25. The topological polar surface area (TPSA) is 68.1 Å². The average Bonchev–Trinajstić information content (AvgIpc) is 3.15. The van der Waals surface area contributed by atoms with Crippen LogP contribution in [0.5, 0.6) is 0 Å². The van der Waals surface area contributed by atoms with Gasteiger partial charge in [0.15, 0.2) is 0 Å². The Balaban J connectivity index is 1.52. The summed E-state index contributed by atoms with van der Waals surface area (Å²) >= 11 is 0. The highest BCUT2D eigenvalue weighted by Crippen LogP contribution is 2.11. The molecule has 23 heavy (non-hydrogen) atoms. The van der Waals surface area contributed by atoms with Gasteiger partial charge < -0.3 is 15.0 Å². The number of rotatable bonds is 6. The van der Waals surface area contributed by atoms with Crippen molar-refractivity contribution in [1.29, 1.82) is 0 Å². The van der Waals surface area contributed by atoms with Gasteiger partial charge in [-0.1, -0.05) is 0 Å². The smallest absolute Gasteiger partial charge is 0.225 e. The van der Waals surface area contributed by atoms with Crippen LogP contribution >= 0.6 is 0 Å². The van der Waals surface area contributed by atoms with Crippen LogP contribution in [0.1, 0.15) is 25.5 Å². The maximum absolute atomic E-state index is 5.35. The van der Waals surface area contributed by atoms with Gasteiger partial charge in [0.2, 0.25) is 5.95 Å². The van der Waals surface area contributed by atoms with E-state index in [9.17, 15) is 0 Å². The Morgan fingerprint density at radius 3 is 2.61 bits per heavy atom. The van der Waals surface area contributed by atoms with E-state index in [1.54, 1.807) is 6.20 Å². The minimum absolute atomic E-state index is 0.290. The molecule has 0 aromatic carbocycles. The first-order chi connectivity index (χ1) is 11.2. The molecule has 0 bridgehead atoms. The van der Waals surface area contributed by atoms with Gasteiger partial charge in [-0.15, -0.1) is 0 Å². The molecule has 1 aliphatic heterocycles. The van der Waals surface area contributed by atoms with Crippen LogP contribution in [0.4, 0.5) is 5.95 Å². The lowest BCUT2D eigenvalue weighted by Crippen LogP contribution is -2.37. The summed E-state index contributed by atoms with van der Waals surface area (Å²) < 4.78 is 7.32. The molecule has 1 N–H and O–H groups in total. The van der Waals surface area contributed by atoms with E-state index in [-0.39, 0.29) is 0 Å². The summed E-state index contributed by atoms with van der Waals surface area (Å²) in [6.07, 6.45) is 7.59. The molecule has 0 radical (unpaired) electrons. The van der Waals surface area contributed by atoms with Gasteiger partial charge in [0.25, 0.3) is 0 Å². The zero-order valence-corrected chi connectivity index (χ0v) is 13.7. The predicted molar refractivity (Wildman–Crippen MR) is 88.3 cm³/mol. The van der Waals surface area contributed by atoms with Crippen molar-refractivity contribution >= 4 is 5.95 Å². The number of ether oxygens (including phenoxy) is 1. The molecule has 3 rings (SSSR count). The monoisotopic (exact) mass is 316 g/mol. The molecule has 0 amide bonds. The first kappa shape index (κ1) is 15.9. The second kappa shape index (κ2) is 7.52. The van der Waals surface area contributed by atoms with Gasteiger partial charge in [0.05, 0.1) is 19.3 Å². The molecule has 7 heteroatoms. The highest BCUT2D eigenvalue weighted by atomic mass is 16.5. The van der Waals surface area contributed by atoms with Crippen molar-refractivity contribution in [2.45, 2.75) is 32.5 Å². The number of hydrogen-bond donors (Lipinski definition) is 1. The summed E-state index contributed by atoms with van der Waals surface area (Å²) in [6.45, 7) is 8.27. The quantitative estimate of drug-likeness (QED) is 0.865. The van der Waals surface area contributed by atoms with Gasteiger partial charge in [0, 0.05) is 56.0 Å². The minimum Gasteiger partial charge on any atom is -0.378 e. The zero-order chi connectivity index (χ0) is 16.1. The van der Waals surface area contributed by atoms with Gasteiger partial charge in [-0.2, -0.15) is 5.10 Å². The number of nitrogens with one attached hydrogen (secondary N) is 1. The van der Waals surface area contributed by atoms with E-state index in [4.69, 9.17) is 4.74 Å². The van der Waals surface area contributed by atoms with Crippen LogP contribution in [0.3, 0.4) is 0 Å². The molecule has 2 atom stereocenters. The fourth-order valence-electron chi connectivity index (χ4n) is 2.57. The van der Waals surface area contributed by atoms with Gasteiger partial charge in [-0.05, 0) is 19.9 Å². The number of aromatic nitrogens is 4. The largest absolute Gasteiger partial charge is 0.378 e. The fourth-order valence-corrected chi connectivity index (χ4v) is 2.57. The van der Waals surface area contributed by atoms with Crippen LogP contribution in [-0.4, -0.2) is 52.1 Å². The normalized spacial score (nSPS) is 17.9. The lowest BCUT2D eigenvalue weighted by atomic mass is 10.1. The van der Waals surface area contributed by atoms with Crippen LogP contribution < -0.4 is 10.2 Å². The van der Waals surface area contributed by atoms with Crippen molar-refractivity contribution in [2.24, 2.45) is 0 Å². The molecule has 0 unspecified atom stereocenters. The van der Waals surface area contributed by atoms with Crippen LogP contribution in [0.2, 0.25) is 0 Å². The summed E-state index contributed by atoms with van der Waals surface area (Å²) in [4.78, 5) is 11.1. The summed E-state index contributed by atoms with van der Waals surface area (Å²) in [6, 6.07) is 2.54. The van der Waals surface area contributed by atoms with Crippen molar-refractivity contribution in [3.05, 3.63) is 36.4 Å². The van der Waals surface area contributed by atoms with Gasteiger partial charge in [-0.3, -0.25) is 4.68 Å². The first-order valence-electron chi connectivity index (χ1n) is 8.10. The van der Waals surface area contributed by atoms with E-state index in [0.29, 0.717) is 12.1 Å². The molecule has 1 aliphatic rings. The second-order valence-electron chi connectivity index (χ2n) is 5.89. The average molecular weight is 316 g/mol. The first-order valence-corrected chi connectivity index (χ1v) is 8.10. The second-order valence-corrected chi connectivity index (χ2v) is 5.89. The summed E-state index contributed by atoms with van der Waals surface area (Å²) in [5.74, 6) is 0.787. The Bertz CT molecular complexity index is 579. The molecular formula is C16H24N6O. The lowest BCUT2D eigenvalue weighted by Gasteiger charge is -2.26. The van der Waals surface area contributed by atoms with Crippen molar-refractivity contribution in [2.75, 3.05) is 31.2 Å². The maximum atomic E-state index is 5.35. The van der Waals surface area contributed by atoms with Crippen LogP contribution in [0.25, 0.3) is 0 Å². The van der Waals surface area contributed by atoms with Crippen LogP contribution in [-0.2, 0) is 11.3 Å². The standard InChI is InChI=1S/C16H24N6O/c1-13(14(2)22-5-3-4-20-22)17-10-15-11-18-16(19-12-15)21-6-8-23-9-7-21/h3-5,11-14,17H,6-10H2,1-2H3/t13-,14-/m0/s1. The van der Waals surface area contributed by atoms with Crippen LogP contribution in [0.15, 0.2) is 30.9 Å². The number of morpholine rings is 1. The van der Waals surface area contributed by atoms with Crippen molar-refractivity contribution in [3.63, 3.8) is 0 Å². The fraction of sp³-hybridized carbons (Fsp3) is 0.562. The Morgan fingerprint density at radius 2 is 1.96 bits per heavy atom. The molecule has 2 aromatic rings. The maximum Gasteiger partial charge on any atom is 0.225 e. The minimum atomic E-state index is 0.290. The van der Waals surface area contributed by atoms with Crippen molar-refractivity contribution in [3.8, 4) is 0 Å². The molecular weight excluding hydrogens is 292 g/mol. The molecule has 2 aromatic heterocycles. The van der Waals surface area contributed by atoms with E-state index in [1.165, 1.54) is 0 Å². The molecule has 1 fully saturated rings. The number of hydrogen-bond acceptors (Lipinski definition) is 6. The van der Waals surface area contributed by atoms with Crippen molar-refractivity contribution < 1.29 is 4.74 Å². The highest BCUT2D eigenvalue weighted by Gasteiger charge is 2.15. The number of nitrogens with zero attached hydrogens (tertiary/aromatic N) is 5. The van der Waals surface area contributed by atoms with E-state index >= 15 is 0 Å². The van der Waals surface area contributed by atoms with E-state index in [2.05, 4.69) is 39.1 Å². The van der Waals surface area contributed by atoms with Crippen LogP contribution in [0, 0.1) is 0 Å². The Hall–Kier alpha value is -1.99. The number of anilines is 1. The van der Waals surface area contributed by atoms with Gasteiger partial charge in [-0.25, -0.2) is 9.97 Å². The Morgan fingerprint density at radius 1 is 1.22 bits per heavy atom. The molecule has 0 aliphatic carbocycles. The molecule has 0 spiro atoms. The molecule has 124 valence electrons. The highest BCUT2D eigenvalue weighted by molar-refractivity contribution is 5.30. The molecule has 1 saturated heterocycles. The lowest BCUT2D eigenvalue weighted by molar-refractivity contribution is 0.122. The third-order valence-corrected chi connectivity index (χ3v) is 4.28. The molecule has 3 heterocycles. The SMILES string of the molecule is C[C@H](NCc1cnc(N2CCOCC2)nc1)[C@H](C)n1cccn1. The summed E-state index contributed by atoms with van der Waals surface area (Å²) in [5.41, 5.74) is 1.08. The summed E-state index contributed by atoms with van der Waals surface area (Å²) in [5, 5.41) is 7.80. The summed E-state index contributed by atoms with van der Waals surface area (Å²) in [7, 11) is 0. The Labute approximate surface area is 136 Å². The van der Waals surface area contributed by atoms with Gasteiger partial charge >= 0.3 is 0 Å². The Kier molecular flexibility index (Phi) is 5.19. The van der Waals surface area contributed by atoms with Gasteiger partial charge in [0.1, 0.15) is 0 Å². The third kappa shape index (κ3) is 4.05. The zero-order valence-electron chi connectivity index (χ0n) is 13.7. The van der Waals surface area contributed by atoms with E-state index in [0.717, 1.165) is 44.4 Å². The van der Waals surface area contributed by atoms with E-state index in [1.807, 2.05) is 29.3 Å². The molecule has 7 nitrogen and oxygen atoms in total. The molecule has 0 saturated carbocycles. The van der Waals surface area contributed by atoms with E-state index < -0.39 is 0 Å². The third-order valence-electron chi connectivity index (χ3n) is 4.28.